The summed E-state index contributed by atoms with van der Waals surface area (Å²) in [7, 11) is 0. The van der Waals surface area contributed by atoms with Crippen LogP contribution in [0.15, 0.2) is 9.90 Å². The standard InChI is InChI=1S/C11H14N4OS/c12-4-3-10-13-8(6-17-10)11-14-9(15-16-11)5-7-1-2-7/h6-7H,1-5,12H2. The van der Waals surface area contributed by atoms with Gasteiger partial charge in [-0.2, -0.15) is 4.98 Å². The SMILES string of the molecule is NCCc1nc(-c2nc(CC3CC3)no2)cs1. The van der Waals surface area contributed by atoms with Gasteiger partial charge in [0, 0.05) is 18.2 Å². The molecule has 1 fully saturated rings. The predicted molar refractivity (Wildman–Crippen MR) is 64.6 cm³/mol. The Morgan fingerprint density at radius 2 is 2.29 bits per heavy atom. The van der Waals surface area contributed by atoms with Gasteiger partial charge in [-0.3, -0.25) is 0 Å². The minimum atomic E-state index is 0.528. The summed E-state index contributed by atoms with van der Waals surface area (Å²) < 4.78 is 5.22. The third-order valence-corrected chi connectivity index (χ3v) is 3.67. The smallest absolute Gasteiger partial charge is 0.277 e. The third-order valence-electron chi connectivity index (χ3n) is 2.77. The molecule has 3 rings (SSSR count). The number of nitrogens with two attached hydrogens (primary N) is 1. The van der Waals surface area contributed by atoms with E-state index in [1.54, 1.807) is 11.3 Å². The van der Waals surface area contributed by atoms with Gasteiger partial charge in [0.1, 0.15) is 5.69 Å². The van der Waals surface area contributed by atoms with Crippen LogP contribution in [0, 0.1) is 5.92 Å². The maximum atomic E-state index is 5.49. The lowest BCUT2D eigenvalue weighted by Gasteiger charge is -1.88. The van der Waals surface area contributed by atoms with Gasteiger partial charge in [0.2, 0.25) is 0 Å². The second kappa shape index (κ2) is 4.54. The summed E-state index contributed by atoms with van der Waals surface area (Å²) in [6.45, 7) is 0.615. The minimum Gasteiger partial charge on any atom is -0.332 e. The number of aromatic nitrogens is 3. The lowest BCUT2D eigenvalue weighted by Crippen LogP contribution is -2.01. The second-order valence-electron chi connectivity index (χ2n) is 4.33. The van der Waals surface area contributed by atoms with Crippen molar-refractivity contribution >= 4 is 11.3 Å². The normalized spacial score (nSPS) is 15.4. The molecule has 5 nitrogen and oxygen atoms in total. The Bertz CT molecular complexity index is 503. The predicted octanol–water partition coefficient (Wildman–Crippen LogP) is 1.65. The molecule has 17 heavy (non-hydrogen) atoms. The monoisotopic (exact) mass is 250 g/mol. The first-order valence-electron chi connectivity index (χ1n) is 5.82. The first kappa shape index (κ1) is 10.9. The van der Waals surface area contributed by atoms with Crippen LogP contribution in [-0.4, -0.2) is 21.7 Å². The van der Waals surface area contributed by atoms with E-state index < -0.39 is 0 Å². The number of thiazole rings is 1. The van der Waals surface area contributed by atoms with Gasteiger partial charge in [0.15, 0.2) is 5.82 Å². The van der Waals surface area contributed by atoms with Crippen LogP contribution in [0.4, 0.5) is 0 Å². The van der Waals surface area contributed by atoms with Crippen LogP contribution in [0.2, 0.25) is 0 Å². The Kier molecular flexibility index (Phi) is 2.90. The van der Waals surface area contributed by atoms with Crippen molar-refractivity contribution in [3.05, 3.63) is 16.2 Å². The lowest BCUT2D eigenvalue weighted by molar-refractivity contribution is 0.420. The molecule has 2 aromatic rings. The van der Waals surface area contributed by atoms with Gasteiger partial charge in [-0.05, 0) is 25.3 Å². The van der Waals surface area contributed by atoms with Crippen molar-refractivity contribution in [2.45, 2.75) is 25.7 Å². The van der Waals surface area contributed by atoms with Crippen molar-refractivity contribution < 1.29 is 4.52 Å². The van der Waals surface area contributed by atoms with Crippen LogP contribution in [-0.2, 0) is 12.8 Å². The Labute approximate surface area is 103 Å². The van der Waals surface area contributed by atoms with E-state index in [1.165, 1.54) is 12.8 Å². The van der Waals surface area contributed by atoms with E-state index in [4.69, 9.17) is 10.3 Å². The fourth-order valence-electron chi connectivity index (χ4n) is 1.67. The molecular formula is C11H14N4OS. The summed E-state index contributed by atoms with van der Waals surface area (Å²) >= 11 is 1.59. The van der Waals surface area contributed by atoms with Gasteiger partial charge >= 0.3 is 0 Å². The third kappa shape index (κ3) is 2.53. The van der Waals surface area contributed by atoms with Crippen LogP contribution in [0.25, 0.3) is 11.6 Å². The molecule has 2 N–H and O–H groups in total. The van der Waals surface area contributed by atoms with Crippen molar-refractivity contribution in [1.29, 1.82) is 0 Å². The highest BCUT2D eigenvalue weighted by Crippen LogP contribution is 2.32. The van der Waals surface area contributed by atoms with Gasteiger partial charge in [-0.1, -0.05) is 5.16 Å². The maximum Gasteiger partial charge on any atom is 0.277 e. The molecule has 0 saturated heterocycles. The van der Waals surface area contributed by atoms with Crippen LogP contribution in [0.1, 0.15) is 23.7 Å². The summed E-state index contributed by atoms with van der Waals surface area (Å²) in [6.07, 6.45) is 4.32. The molecule has 0 unspecified atom stereocenters. The Morgan fingerprint density at radius 1 is 1.41 bits per heavy atom. The van der Waals surface area contributed by atoms with E-state index in [9.17, 15) is 0 Å². The van der Waals surface area contributed by atoms with E-state index in [0.717, 1.165) is 35.3 Å². The molecule has 0 radical (unpaired) electrons. The van der Waals surface area contributed by atoms with Crippen LogP contribution in [0.5, 0.6) is 0 Å². The van der Waals surface area contributed by atoms with E-state index in [-0.39, 0.29) is 0 Å². The van der Waals surface area contributed by atoms with Gasteiger partial charge in [0.25, 0.3) is 5.89 Å². The Balaban J connectivity index is 1.74. The summed E-state index contributed by atoms with van der Waals surface area (Å²) in [5.74, 6) is 2.10. The largest absolute Gasteiger partial charge is 0.332 e. The van der Waals surface area contributed by atoms with Crippen molar-refractivity contribution in [3.8, 4) is 11.6 Å². The molecule has 0 aromatic carbocycles. The Morgan fingerprint density at radius 3 is 3.06 bits per heavy atom. The number of hydrogen-bond donors (Lipinski definition) is 1. The number of hydrogen-bond acceptors (Lipinski definition) is 6. The molecule has 6 heteroatoms. The van der Waals surface area contributed by atoms with Crippen LogP contribution >= 0.6 is 11.3 Å². The van der Waals surface area contributed by atoms with Gasteiger partial charge in [0.05, 0.1) is 5.01 Å². The molecule has 90 valence electrons. The highest BCUT2D eigenvalue weighted by Gasteiger charge is 2.24. The zero-order chi connectivity index (χ0) is 11.7. The fourth-order valence-corrected chi connectivity index (χ4v) is 2.46. The summed E-state index contributed by atoms with van der Waals surface area (Å²) in [6, 6.07) is 0. The quantitative estimate of drug-likeness (QED) is 0.873. The lowest BCUT2D eigenvalue weighted by atomic mass is 10.3. The van der Waals surface area contributed by atoms with Crippen molar-refractivity contribution in [3.63, 3.8) is 0 Å². The molecule has 1 aliphatic carbocycles. The molecule has 0 aliphatic heterocycles. The van der Waals surface area contributed by atoms with E-state index in [2.05, 4.69) is 15.1 Å². The summed E-state index contributed by atoms with van der Waals surface area (Å²) in [4.78, 5) is 8.79. The molecule has 2 aromatic heterocycles. The molecule has 0 bridgehead atoms. The zero-order valence-corrected chi connectivity index (χ0v) is 10.2. The average molecular weight is 250 g/mol. The number of rotatable bonds is 5. The van der Waals surface area contributed by atoms with Crippen molar-refractivity contribution in [2.75, 3.05) is 6.54 Å². The van der Waals surface area contributed by atoms with Crippen LogP contribution < -0.4 is 5.73 Å². The molecule has 2 heterocycles. The molecular weight excluding hydrogens is 236 g/mol. The Hall–Kier alpha value is -1.27. The van der Waals surface area contributed by atoms with Crippen LogP contribution in [0.3, 0.4) is 0 Å². The van der Waals surface area contributed by atoms with Crippen molar-refractivity contribution in [2.24, 2.45) is 11.7 Å². The molecule has 1 aliphatic rings. The highest BCUT2D eigenvalue weighted by molar-refractivity contribution is 7.09. The van der Waals surface area contributed by atoms with Crippen molar-refractivity contribution in [1.82, 2.24) is 15.1 Å². The first-order chi connectivity index (χ1) is 8.35. The molecule has 0 amide bonds. The summed E-state index contributed by atoms with van der Waals surface area (Å²) in [5.41, 5.74) is 6.26. The number of nitrogens with zero attached hydrogens (tertiary/aromatic N) is 3. The fraction of sp³-hybridized carbons (Fsp3) is 0.545. The van der Waals surface area contributed by atoms with E-state index in [0.29, 0.717) is 12.4 Å². The second-order valence-corrected chi connectivity index (χ2v) is 5.27. The van der Waals surface area contributed by atoms with Gasteiger partial charge < -0.3 is 10.3 Å². The zero-order valence-electron chi connectivity index (χ0n) is 9.43. The van der Waals surface area contributed by atoms with E-state index >= 15 is 0 Å². The van der Waals surface area contributed by atoms with Gasteiger partial charge in [-0.15, -0.1) is 11.3 Å². The topological polar surface area (TPSA) is 77.8 Å². The molecule has 0 atom stereocenters. The highest BCUT2D eigenvalue weighted by atomic mass is 32.1. The minimum absolute atomic E-state index is 0.528. The average Bonchev–Trinajstić information content (AvgIpc) is 2.82. The maximum absolute atomic E-state index is 5.49. The first-order valence-corrected chi connectivity index (χ1v) is 6.70. The molecule has 0 spiro atoms. The summed E-state index contributed by atoms with van der Waals surface area (Å²) in [5, 5.41) is 6.94. The van der Waals surface area contributed by atoms with E-state index in [1.807, 2.05) is 5.38 Å². The molecule has 1 saturated carbocycles. The van der Waals surface area contributed by atoms with Gasteiger partial charge in [-0.25, -0.2) is 4.98 Å².